The Kier molecular flexibility index (Phi) is 3.77. The summed E-state index contributed by atoms with van der Waals surface area (Å²) in [7, 11) is 0. The van der Waals surface area contributed by atoms with Crippen LogP contribution in [0.1, 0.15) is 37.3 Å². The second-order valence-corrected chi connectivity index (χ2v) is 5.74. The molecular weight excluding hydrogens is 240 g/mol. The van der Waals surface area contributed by atoms with Crippen LogP contribution in [0.25, 0.3) is 0 Å². The predicted molar refractivity (Wildman–Crippen MR) is 72.7 cm³/mol. The lowest BCUT2D eigenvalue weighted by Crippen LogP contribution is -2.42. The molecule has 2 saturated heterocycles. The van der Waals surface area contributed by atoms with Crippen molar-refractivity contribution in [2.24, 2.45) is 5.73 Å². The van der Waals surface area contributed by atoms with Crippen LogP contribution in [0.5, 0.6) is 0 Å². The second kappa shape index (κ2) is 5.53. The molecule has 3 rings (SSSR count). The summed E-state index contributed by atoms with van der Waals surface area (Å²) < 4.78 is 5.91. The topological polar surface area (TPSA) is 64.3 Å². The minimum atomic E-state index is 0.0266. The Hall–Kier alpha value is -1.04. The maximum absolute atomic E-state index is 5.91. The Morgan fingerprint density at radius 1 is 1.47 bits per heavy atom. The van der Waals surface area contributed by atoms with E-state index in [2.05, 4.69) is 14.9 Å². The monoisotopic (exact) mass is 262 g/mol. The molecule has 5 nitrogen and oxygen atoms in total. The van der Waals surface area contributed by atoms with Gasteiger partial charge in [0.2, 0.25) is 0 Å². The van der Waals surface area contributed by atoms with Crippen LogP contribution < -0.4 is 5.73 Å². The predicted octanol–water partition coefficient (Wildman–Crippen LogP) is 0.902. The van der Waals surface area contributed by atoms with E-state index in [1.165, 1.54) is 19.4 Å². The third-order valence-electron chi connectivity index (χ3n) is 3.96. The molecule has 0 aliphatic carbocycles. The first-order valence-electron chi connectivity index (χ1n) is 7.14. The number of nitrogens with zero attached hydrogens (tertiary/aromatic N) is 3. The molecule has 3 unspecified atom stereocenters. The van der Waals surface area contributed by atoms with Crippen LogP contribution in [0.4, 0.5) is 0 Å². The summed E-state index contributed by atoms with van der Waals surface area (Å²) in [5.41, 5.74) is 6.87. The minimum Gasteiger partial charge on any atom is -0.367 e. The number of fused-ring (bicyclic) bond motifs is 1. The van der Waals surface area contributed by atoms with Crippen molar-refractivity contribution in [1.82, 2.24) is 14.9 Å². The van der Waals surface area contributed by atoms with Crippen LogP contribution in [-0.4, -0.2) is 46.6 Å². The highest BCUT2D eigenvalue weighted by molar-refractivity contribution is 5.08. The van der Waals surface area contributed by atoms with Crippen molar-refractivity contribution in [2.75, 3.05) is 19.7 Å². The Morgan fingerprint density at radius 2 is 2.26 bits per heavy atom. The van der Waals surface area contributed by atoms with E-state index in [1.54, 1.807) is 0 Å². The molecule has 19 heavy (non-hydrogen) atoms. The van der Waals surface area contributed by atoms with Crippen LogP contribution in [-0.2, 0) is 11.2 Å². The van der Waals surface area contributed by atoms with Crippen molar-refractivity contribution < 1.29 is 4.74 Å². The first-order valence-corrected chi connectivity index (χ1v) is 7.14. The lowest BCUT2D eigenvalue weighted by Gasteiger charge is -2.34. The zero-order chi connectivity index (χ0) is 13.2. The summed E-state index contributed by atoms with van der Waals surface area (Å²) in [6, 6.07) is 0.763. The van der Waals surface area contributed by atoms with Gasteiger partial charge in [-0.1, -0.05) is 0 Å². The molecule has 1 aromatic heterocycles. The number of nitrogens with two attached hydrogens (primary N) is 1. The summed E-state index contributed by atoms with van der Waals surface area (Å²) in [5.74, 6) is 0.804. The van der Waals surface area contributed by atoms with Crippen LogP contribution in [0.15, 0.2) is 12.4 Å². The van der Waals surface area contributed by atoms with Gasteiger partial charge >= 0.3 is 0 Å². The lowest BCUT2D eigenvalue weighted by atomic mass is 10.1. The quantitative estimate of drug-likeness (QED) is 0.877. The number of aromatic nitrogens is 2. The summed E-state index contributed by atoms with van der Waals surface area (Å²) in [4.78, 5) is 11.4. The van der Waals surface area contributed by atoms with Gasteiger partial charge in [-0.2, -0.15) is 0 Å². The first-order chi connectivity index (χ1) is 9.22. The van der Waals surface area contributed by atoms with E-state index < -0.39 is 0 Å². The molecule has 0 bridgehead atoms. The number of morpholine rings is 1. The highest BCUT2D eigenvalue weighted by Crippen LogP contribution is 2.28. The molecule has 3 atom stereocenters. The van der Waals surface area contributed by atoms with Gasteiger partial charge in [0, 0.05) is 31.0 Å². The molecule has 3 heterocycles. The van der Waals surface area contributed by atoms with Gasteiger partial charge in [0.1, 0.15) is 6.10 Å². The van der Waals surface area contributed by atoms with E-state index in [0.29, 0.717) is 6.04 Å². The molecule has 2 aliphatic rings. The van der Waals surface area contributed by atoms with E-state index in [1.807, 2.05) is 19.3 Å². The smallest absolute Gasteiger partial charge is 0.158 e. The molecule has 0 spiro atoms. The lowest BCUT2D eigenvalue weighted by molar-refractivity contribution is -0.0541. The molecule has 0 radical (unpaired) electrons. The number of ether oxygens (including phenoxy) is 1. The van der Waals surface area contributed by atoms with E-state index in [-0.39, 0.29) is 12.1 Å². The zero-order valence-electron chi connectivity index (χ0n) is 11.5. The summed E-state index contributed by atoms with van der Waals surface area (Å²) in [5, 5.41) is 0. The minimum absolute atomic E-state index is 0.0266. The van der Waals surface area contributed by atoms with Gasteiger partial charge in [-0.05, 0) is 38.3 Å². The van der Waals surface area contributed by atoms with Crippen LogP contribution >= 0.6 is 0 Å². The Morgan fingerprint density at radius 3 is 3.00 bits per heavy atom. The fraction of sp³-hybridized carbons (Fsp3) is 0.714. The van der Waals surface area contributed by atoms with Crippen LogP contribution in [0, 0.1) is 0 Å². The van der Waals surface area contributed by atoms with Crippen LogP contribution in [0.2, 0.25) is 0 Å². The van der Waals surface area contributed by atoms with Gasteiger partial charge in [-0.3, -0.25) is 4.90 Å². The molecule has 2 fully saturated rings. The highest BCUT2D eigenvalue weighted by atomic mass is 16.5. The van der Waals surface area contributed by atoms with Crippen molar-refractivity contribution >= 4 is 0 Å². The molecule has 0 saturated carbocycles. The SMILES string of the molecule is CC(N)Cc1cnc(C2CN3CCCC3CO2)nc1. The van der Waals surface area contributed by atoms with E-state index in [9.17, 15) is 0 Å². The second-order valence-electron chi connectivity index (χ2n) is 5.74. The molecular formula is C14H22N4O. The largest absolute Gasteiger partial charge is 0.367 e. The standard InChI is InChI=1S/C14H22N4O/c1-10(15)5-11-6-16-14(17-7-11)13-8-18-4-2-3-12(18)9-19-13/h6-7,10,12-13H,2-5,8-9,15H2,1H3. The van der Waals surface area contributed by atoms with Gasteiger partial charge in [-0.25, -0.2) is 9.97 Å². The van der Waals surface area contributed by atoms with Gasteiger partial charge in [0.25, 0.3) is 0 Å². The van der Waals surface area contributed by atoms with Crippen molar-refractivity contribution in [1.29, 1.82) is 0 Å². The van der Waals surface area contributed by atoms with Crippen LogP contribution in [0.3, 0.4) is 0 Å². The Bertz CT molecular complexity index is 420. The van der Waals surface area contributed by atoms with Gasteiger partial charge < -0.3 is 10.5 Å². The summed E-state index contributed by atoms with van der Waals surface area (Å²) >= 11 is 0. The molecule has 0 amide bonds. The highest BCUT2D eigenvalue weighted by Gasteiger charge is 2.33. The average Bonchev–Trinajstić information content (AvgIpc) is 2.86. The Balaban J connectivity index is 1.65. The summed E-state index contributed by atoms with van der Waals surface area (Å²) in [6.45, 7) is 4.92. The Labute approximate surface area is 114 Å². The average molecular weight is 262 g/mol. The van der Waals surface area contributed by atoms with Gasteiger partial charge in [0.05, 0.1) is 6.61 Å². The molecule has 1 aromatic rings. The van der Waals surface area contributed by atoms with E-state index >= 15 is 0 Å². The van der Waals surface area contributed by atoms with E-state index in [4.69, 9.17) is 10.5 Å². The zero-order valence-corrected chi connectivity index (χ0v) is 11.5. The van der Waals surface area contributed by atoms with Crippen molar-refractivity contribution in [3.05, 3.63) is 23.8 Å². The van der Waals surface area contributed by atoms with Gasteiger partial charge in [0.15, 0.2) is 5.82 Å². The number of hydrogen-bond acceptors (Lipinski definition) is 5. The normalized spacial score (nSPS) is 29.2. The van der Waals surface area contributed by atoms with Crippen molar-refractivity contribution in [3.8, 4) is 0 Å². The molecule has 2 N–H and O–H groups in total. The third-order valence-corrected chi connectivity index (χ3v) is 3.96. The molecule has 2 aliphatic heterocycles. The maximum atomic E-state index is 5.91. The van der Waals surface area contributed by atoms with Gasteiger partial charge in [-0.15, -0.1) is 0 Å². The third kappa shape index (κ3) is 2.94. The number of rotatable bonds is 3. The maximum Gasteiger partial charge on any atom is 0.158 e. The number of hydrogen-bond donors (Lipinski definition) is 1. The van der Waals surface area contributed by atoms with E-state index in [0.717, 1.165) is 31.0 Å². The molecule has 0 aromatic carbocycles. The van der Waals surface area contributed by atoms with Crippen molar-refractivity contribution in [2.45, 2.75) is 44.4 Å². The molecule has 5 heteroatoms. The summed E-state index contributed by atoms with van der Waals surface area (Å²) in [6.07, 6.45) is 7.16. The first kappa shape index (κ1) is 13.0. The molecule has 104 valence electrons. The van der Waals surface area contributed by atoms with Crippen molar-refractivity contribution in [3.63, 3.8) is 0 Å². The fourth-order valence-corrected chi connectivity index (χ4v) is 2.98. The fourth-order valence-electron chi connectivity index (χ4n) is 2.98.